The van der Waals surface area contributed by atoms with E-state index < -0.39 is 36.0 Å². The summed E-state index contributed by atoms with van der Waals surface area (Å²) in [6.45, 7) is 2.57. The summed E-state index contributed by atoms with van der Waals surface area (Å²) in [5.74, 6) is -2.35. The summed E-state index contributed by atoms with van der Waals surface area (Å²) in [5.41, 5.74) is 1.24. The van der Waals surface area contributed by atoms with Crippen LogP contribution in [0.15, 0.2) is 6.07 Å². The topological polar surface area (TPSA) is 69.0 Å². The molecule has 1 saturated carbocycles. The lowest BCUT2D eigenvalue weighted by Crippen LogP contribution is -2.42. The number of carbonyl (C=O) groups is 1. The predicted octanol–water partition coefficient (Wildman–Crippen LogP) is 4.15. The second-order valence-electron chi connectivity index (χ2n) is 8.12. The monoisotopic (exact) mass is 444 g/mol. The fraction of sp³-hybridized carbons (Fsp3) is 0.650. The lowest BCUT2D eigenvalue weighted by molar-refractivity contribution is -0.182. The van der Waals surface area contributed by atoms with Crippen LogP contribution in [0.4, 0.5) is 22.4 Å². The number of carbonyl (C=O) groups excluding carboxylic acids is 1. The minimum atomic E-state index is -4.22. The molecule has 7 nitrogen and oxygen atoms in total. The van der Waals surface area contributed by atoms with E-state index in [4.69, 9.17) is 9.47 Å². The van der Waals surface area contributed by atoms with Crippen LogP contribution >= 0.6 is 0 Å². The molecule has 1 atom stereocenters. The Bertz CT molecular complexity index is 969. The lowest BCUT2D eigenvalue weighted by Gasteiger charge is -2.32. The van der Waals surface area contributed by atoms with Crippen LogP contribution in [0.1, 0.15) is 54.8 Å². The van der Waals surface area contributed by atoms with Crippen LogP contribution in [0.2, 0.25) is 0 Å². The van der Waals surface area contributed by atoms with Gasteiger partial charge in [-0.05, 0) is 38.7 Å². The maximum atomic E-state index is 15.2. The van der Waals surface area contributed by atoms with Gasteiger partial charge in [0.05, 0.1) is 31.9 Å². The second kappa shape index (κ2) is 8.25. The molecule has 2 aromatic heterocycles. The van der Waals surface area contributed by atoms with E-state index in [0.29, 0.717) is 17.9 Å². The zero-order valence-electron chi connectivity index (χ0n) is 17.3. The van der Waals surface area contributed by atoms with E-state index in [1.807, 2.05) is 0 Å². The number of alkyl halides is 3. The first-order valence-corrected chi connectivity index (χ1v) is 10.3. The normalized spacial score (nSPS) is 25.1. The SMILES string of the molecule is COC(=O)N1CCO[C@H](c2cc(C)nc3c(F)c([C@H]4CC[C@H](C(F)(F)F)CC4)nn23)C1. The van der Waals surface area contributed by atoms with Gasteiger partial charge in [-0.3, -0.25) is 0 Å². The zero-order valence-corrected chi connectivity index (χ0v) is 17.3. The Hall–Kier alpha value is -2.43. The number of aromatic nitrogens is 3. The molecule has 2 fully saturated rings. The number of ether oxygens (including phenoxy) is 2. The molecule has 31 heavy (non-hydrogen) atoms. The fourth-order valence-electron chi connectivity index (χ4n) is 4.46. The van der Waals surface area contributed by atoms with Gasteiger partial charge in [0.25, 0.3) is 0 Å². The van der Waals surface area contributed by atoms with Crippen molar-refractivity contribution in [2.75, 3.05) is 26.8 Å². The van der Waals surface area contributed by atoms with Crippen LogP contribution < -0.4 is 0 Å². The van der Waals surface area contributed by atoms with Crippen molar-refractivity contribution in [2.24, 2.45) is 5.92 Å². The van der Waals surface area contributed by atoms with Crippen LogP contribution in [0.5, 0.6) is 0 Å². The van der Waals surface area contributed by atoms with Crippen LogP contribution in [0.25, 0.3) is 5.65 Å². The highest BCUT2D eigenvalue weighted by Gasteiger charge is 2.42. The van der Waals surface area contributed by atoms with Crippen molar-refractivity contribution in [3.05, 3.63) is 29.0 Å². The van der Waals surface area contributed by atoms with E-state index in [1.54, 1.807) is 13.0 Å². The Labute approximate surface area is 176 Å². The maximum Gasteiger partial charge on any atom is 0.409 e. The zero-order chi connectivity index (χ0) is 22.3. The van der Waals surface area contributed by atoms with Crippen molar-refractivity contribution in [1.82, 2.24) is 19.5 Å². The Kier molecular flexibility index (Phi) is 5.80. The largest absolute Gasteiger partial charge is 0.453 e. The Balaban J connectivity index is 1.64. The lowest BCUT2D eigenvalue weighted by atomic mass is 9.80. The molecule has 0 bridgehead atoms. The van der Waals surface area contributed by atoms with Gasteiger partial charge in [0.1, 0.15) is 11.8 Å². The first-order valence-electron chi connectivity index (χ1n) is 10.3. The van der Waals surface area contributed by atoms with Crippen LogP contribution in [0, 0.1) is 18.7 Å². The van der Waals surface area contributed by atoms with Gasteiger partial charge in [-0.15, -0.1) is 0 Å². The maximum absolute atomic E-state index is 15.2. The van der Waals surface area contributed by atoms with Gasteiger partial charge in [-0.1, -0.05) is 0 Å². The van der Waals surface area contributed by atoms with Gasteiger partial charge in [-0.2, -0.15) is 18.3 Å². The molecule has 3 heterocycles. The number of amides is 1. The van der Waals surface area contributed by atoms with Crippen molar-refractivity contribution in [2.45, 2.75) is 50.8 Å². The van der Waals surface area contributed by atoms with Gasteiger partial charge >= 0.3 is 12.3 Å². The number of methoxy groups -OCH3 is 1. The van der Waals surface area contributed by atoms with Crippen molar-refractivity contribution >= 4 is 11.7 Å². The molecule has 0 aromatic carbocycles. The number of nitrogens with zero attached hydrogens (tertiary/aromatic N) is 4. The predicted molar refractivity (Wildman–Crippen MR) is 101 cm³/mol. The standard InChI is InChI=1S/C20H24F4N4O3/c1-11-9-14(15-10-27(7-8-31-15)19(29)30-2)28-18(25-11)16(21)17(26-28)12-3-5-13(6-4-12)20(22,23)24/h9,12-13,15H,3-8,10H2,1-2H3/t12-,13-,15-/m0/s1. The molecule has 2 aromatic rings. The average molecular weight is 444 g/mol. The molecule has 1 aliphatic heterocycles. The summed E-state index contributed by atoms with van der Waals surface area (Å²) < 4.78 is 66.1. The highest BCUT2D eigenvalue weighted by Crippen LogP contribution is 2.43. The summed E-state index contributed by atoms with van der Waals surface area (Å²) in [4.78, 5) is 17.7. The number of rotatable bonds is 2. The Morgan fingerprint density at radius 3 is 2.61 bits per heavy atom. The minimum Gasteiger partial charge on any atom is -0.453 e. The van der Waals surface area contributed by atoms with Crippen molar-refractivity contribution in [1.29, 1.82) is 0 Å². The van der Waals surface area contributed by atoms with Gasteiger partial charge in [-0.25, -0.2) is 18.7 Å². The van der Waals surface area contributed by atoms with Gasteiger partial charge in [0, 0.05) is 18.2 Å². The average Bonchev–Trinajstić information content (AvgIpc) is 3.08. The third-order valence-electron chi connectivity index (χ3n) is 6.12. The second-order valence-corrected chi connectivity index (χ2v) is 8.12. The van der Waals surface area contributed by atoms with Gasteiger partial charge < -0.3 is 14.4 Å². The molecule has 2 aliphatic rings. The number of morpholine rings is 1. The highest BCUT2D eigenvalue weighted by molar-refractivity contribution is 5.67. The molecule has 0 spiro atoms. The van der Waals surface area contributed by atoms with Gasteiger partial charge in [0.2, 0.25) is 0 Å². The fourth-order valence-corrected chi connectivity index (χ4v) is 4.46. The van der Waals surface area contributed by atoms with Crippen LogP contribution in [-0.4, -0.2) is 58.6 Å². The highest BCUT2D eigenvalue weighted by atomic mass is 19.4. The number of hydrogen-bond donors (Lipinski definition) is 0. The van der Waals surface area contributed by atoms with Crippen molar-refractivity contribution in [3.8, 4) is 0 Å². The molecular weight excluding hydrogens is 420 g/mol. The van der Waals surface area contributed by atoms with E-state index in [0.717, 1.165) is 0 Å². The van der Waals surface area contributed by atoms with E-state index in [-0.39, 0.29) is 50.2 Å². The van der Waals surface area contributed by atoms with E-state index in [2.05, 4.69) is 10.1 Å². The molecule has 0 N–H and O–H groups in total. The van der Waals surface area contributed by atoms with E-state index in [9.17, 15) is 18.0 Å². The van der Waals surface area contributed by atoms with Gasteiger partial charge in [0.15, 0.2) is 11.5 Å². The quantitative estimate of drug-likeness (QED) is 0.651. The number of hydrogen-bond acceptors (Lipinski definition) is 5. The molecule has 170 valence electrons. The molecule has 1 amide bonds. The van der Waals surface area contributed by atoms with Crippen molar-refractivity contribution in [3.63, 3.8) is 0 Å². The molecule has 11 heteroatoms. The summed E-state index contributed by atoms with van der Waals surface area (Å²) >= 11 is 0. The number of aryl methyl sites for hydroxylation is 1. The Morgan fingerprint density at radius 2 is 1.97 bits per heavy atom. The minimum absolute atomic E-state index is 0.0155. The summed E-state index contributed by atoms with van der Waals surface area (Å²) in [7, 11) is 1.30. The van der Waals surface area contributed by atoms with Crippen LogP contribution in [-0.2, 0) is 9.47 Å². The summed E-state index contributed by atoms with van der Waals surface area (Å²) in [6.07, 6.45) is -4.92. The summed E-state index contributed by atoms with van der Waals surface area (Å²) in [6, 6.07) is 1.72. The summed E-state index contributed by atoms with van der Waals surface area (Å²) in [5, 5.41) is 4.41. The van der Waals surface area contributed by atoms with Crippen molar-refractivity contribution < 1.29 is 31.8 Å². The molecule has 0 unspecified atom stereocenters. The van der Waals surface area contributed by atoms with E-state index >= 15 is 4.39 Å². The first kappa shape index (κ1) is 21.8. The Morgan fingerprint density at radius 1 is 1.26 bits per heavy atom. The first-order chi connectivity index (χ1) is 14.7. The number of halogens is 4. The molecule has 0 radical (unpaired) electrons. The molecule has 4 rings (SSSR count). The third kappa shape index (κ3) is 4.19. The third-order valence-corrected chi connectivity index (χ3v) is 6.12. The molecular formula is C20H24F4N4O3. The van der Waals surface area contributed by atoms with Crippen LogP contribution in [0.3, 0.4) is 0 Å². The molecule has 1 aliphatic carbocycles. The smallest absolute Gasteiger partial charge is 0.409 e. The molecule has 1 saturated heterocycles. The van der Waals surface area contributed by atoms with E-state index in [1.165, 1.54) is 16.5 Å². The number of fused-ring (bicyclic) bond motifs is 1.